The molecule has 6 heteroatoms. The summed E-state index contributed by atoms with van der Waals surface area (Å²) in [6, 6.07) is 5.97. The SMILES string of the molecule is C=NC1=C(C(N)=NC)C(C)(C)Cc2c1ccc(O)c2N(C)CC1(C#N)CC1. The number of phenolic OH excluding ortho intramolecular Hbond substituents is 1. The Kier molecular flexibility index (Phi) is 4.51. The molecule has 0 amide bonds. The number of hydrogen-bond donors (Lipinski definition) is 2. The number of aliphatic imine (C=N–C) groups is 2. The summed E-state index contributed by atoms with van der Waals surface area (Å²) >= 11 is 0. The van der Waals surface area contributed by atoms with E-state index in [1.54, 1.807) is 13.1 Å². The van der Waals surface area contributed by atoms with Gasteiger partial charge in [-0.25, -0.2) is 0 Å². The Morgan fingerprint density at radius 3 is 2.59 bits per heavy atom. The maximum absolute atomic E-state index is 10.6. The van der Waals surface area contributed by atoms with Crippen LogP contribution in [0.3, 0.4) is 0 Å². The summed E-state index contributed by atoms with van der Waals surface area (Å²) < 4.78 is 0. The van der Waals surface area contributed by atoms with Crippen LogP contribution >= 0.6 is 0 Å². The zero-order valence-corrected chi connectivity index (χ0v) is 16.5. The Hall–Kier alpha value is -2.81. The van der Waals surface area contributed by atoms with Crippen LogP contribution in [-0.4, -0.2) is 38.3 Å². The van der Waals surface area contributed by atoms with Crippen molar-refractivity contribution in [2.24, 2.45) is 26.5 Å². The minimum absolute atomic E-state index is 0.213. The first kappa shape index (κ1) is 19.0. The lowest BCUT2D eigenvalue weighted by molar-refractivity contribution is 0.446. The quantitative estimate of drug-likeness (QED) is 0.619. The van der Waals surface area contributed by atoms with Gasteiger partial charge in [-0.1, -0.05) is 13.8 Å². The molecule has 0 aromatic heterocycles. The molecule has 0 unspecified atom stereocenters. The maximum atomic E-state index is 10.6. The summed E-state index contributed by atoms with van der Waals surface area (Å²) in [6.45, 7) is 8.55. The normalized spacial score (nSPS) is 19.9. The second-order valence-corrected chi connectivity index (χ2v) is 8.26. The van der Waals surface area contributed by atoms with Gasteiger partial charge in [0.15, 0.2) is 0 Å². The lowest BCUT2D eigenvalue weighted by Gasteiger charge is -2.37. The van der Waals surface area contributed by atoms with Crippen molar-refractivity contribution >= 4 is 23.9 Å². The summed E-state index contributed by atoms with van der Waals surface area (Å²) in [6.07, 6.45) is 2.49. The second kappa shape index (κ2) is 6.41. The summed E-state index contributed by atoms with van der Waals surface area (Å²) in [5.41, 5.74) is 9.84. The van der Waals surface area contributed by atoms with Crippen LogP contribution < -0.4 is 10.6 Å². The molecule has 27 heavy (non-hydrogen) atoms. The van der Waals surface area contributed by atoms with Crippen molar-refractivity contribution < 1.29 is 5.11 Å². The molecule has 142 valence electrons. The summed E-state index contributed by atoms with van der Waals surface area (Å²) in [7, 11) is 3.60. The van der Waals surface area contributed by atoms with Crippen LogP contribution in [0.2, 0.25) is 0 Å². The van der Waals surface area contributed by atoms with Crippen LogP contribution in [0.1, 0.15) is 37.8 Å². The van der Waals surface area contributed by atoms with E-state index in [1.807, 2.05) is 18.0 Å². The van der Waals surface area contributed by atoms with Gasteiger partial charge in [0.05, 0.1) is 22.9 Å². The first-order valence-electron chi connectivity index (χ1n) is 9.11. The van der Waals surface area contributed by atoms with Crippen molar-refractivity contribution in [2.45, 2.75) is 33.1 Å². The van der Waals surface area contributed by atoms with E-state index in [0.29, 0.717) is 24.5 Å². The molecule has 0 saturated heterocycles. The predicted molar refractivity (Wildman–Crippen MR) is 110 cm³/mol. The minimum atomic E-state index is -0.316. The lowest BCUT2D eigenvalue weighted by atomic mass is 9.70. The van der Waals surface area contributed by atoms with Gasteiger partial charge in [-0.05, 0) is 49.1 Å². The molecule has 2 aliphatic carbocycles. The van der Waals surface area contributed by atoms with Gasteiger partial charge in [-0.2, -0.15) is 5.26 Å². The number of nitriles is 1. The molecule has 0 bridgehead atoms. The van der Waals surface area contributed by atoms with Crippen molar-refractivity contribution in [3.05, 3.63) is 28.8 Å². The van der Waals surface area contributed by atoms with Crippen LogP contribution in [0.15, 0.2) is 27.7 Å². The van der Waals surface area contributed by atoms with Crippen molar-refractivity contribution in [2.75, 3.05) is 25.5 Å². The Morgan fingerprint density at radius 2 is 2.07 bits per heavy atom. The standard InChI is InChI=1S/C21H27N5O/c1-20(2)10-14-13(17(24-3)16(20)19(23)25-4)6-7-15(27)18(14)26(5)12-21(11-22)8-9-21/h6-7,27H,3,8-10,12H2,1-2,4-5H3,(H2,23,25). The van der Waals surface area contributed by atoms with Gasteiger partial charge in [-0.15, -0.1) is 0 Å². The number of amidine groups is 1. The van der Waals surface area contributed by atoms with Gasteiger partial charge in [0.2, 0.25) is 0 Å². The summed E-state index contributed by atoms with van der Waals surface area (Å²) in [5.74, 6) is 0.669. The molecule has 0 heterocycles. The van der Waals surface area contributed by atoms with Crippen molar-refractivity contribution in [1.82, 2.24) is 0 Å². The largest absolute Gasteiger partial charge is 0.506 e. The Bertz CT molecular complexity index is 900. The molecule has 0 radical (unpaired) electrons. The molecule has 3 rings (SSSR count). The van der Waals surface area contributed by atoms with Gasteiger partial charge in [0.25, 0.3) is 0 Å². The fourth-order valence-corrected chi connectivity index (χ4v) is 4.17. The molecule has 2 aliphatic rings. The van der Waals surface area contributed by atoms with Gasteiger partial charge >= 0.3 is 0 Å². The van der Waals surface area contributed by atoms with E-state index >= 15 is 0 Å². The smallest absolute Gasteiger partial charge is 0.139 e. The third-order valence-electron chi connectivity index (χ3n) is 5.72. The number of nitrogens with zero attached hydrogens (tertiary/aromatic N) is 4. The molecule has 1 fully saturated rings. The minimum Gasteiger partial charge on any atom is -0.506 e. The second-order valence-electron chi connectivity index (χ2n) is 8.26. The monoisotopic (exact) mass is 365 g/mol. The van der Waals surface area contributed by atoms with Crippen molar-refractivity contribution in [3.8, 4) is 11.8 Å². The molecular weight excluding hydrogens is 338 g/mol. The first-order chi connectivity index (χ1) is 12.7. The van der Waals surface area contributed by atoms with Crippen LogP contribution in [0, 0.1) is 22.2 Å². The van der Waals surface area contributed by atoms with E-state index in [9.17, 15) is 10.4 Å². The molecule has 0 atom stereocenters. The zero-order valence-electron chi connectivity index (χ0n) is 16.5. The van der Waals surface area contributed by atoms with Gasteiger partial charge in [0.1, 0.15) is 11.6 Å². The Labute approximate surface area is 160 Å². The van der Waals surface area contributed by atoms with Crippen LogP contribution in [0.5, 0.6) is 5.75 Å². The van der Waals surface area contributed by atoms with Crippen molar-refractivity contribution in [3.63, 3.8) is 0 Å². The fourth-order valence-electron chi connectivity index (χ4n) is 4.17. The third-order valence-corrected chi connectivity index (χ3v) is 5.72. The molecule has 3 N–H and O–H groups in total. The van der Waals surface area contributed by atoms with Crippen LogP contribution in [0.25, 0.3) is 5.70 Å². The first-order valence-corrected chi connectivity index (χ1v) is 9.11. The third kappa shape index (κ3) is 3.08. The molecule has 1 aromatic rings. The molecule has 1 saturated carbocycles. The van der Waals surface area contributed by atoms with E-state index in [4.69, 9.17) is 5.73 Å². The Balaban J connectivity index is 2.19. The van der Waals surface area contributed by atoms with Gasteiger partial charge in [0, 0.05) is 31.8 Å². The number of rotatable bonds is 5. The van der Waals surface area contributed by atoms with E-state index < -0.39 is 0 Å². The highest BCUT2D eigenvalue weighted by molar-refractivity contribution is 6.06. The number of anilines is 1. The zero-order chi connectivity index (χ0) is 20.0. The highest BCUT2D eigenvalue weighted by Crippen LogP contribution is 2.50. The number of phenols is 1. The van der Waals surface area contributed by atoms with E-state index in [0.717, 1.165) is 35.2 Å². The van der Waals surface area contributed by atoms with Crippen LogP contribution in [-0.2, 0) is 6.42 Å². The molecule has 1 aromatic carbocycles. The molecular formula is C21H27N5O. The average Bonchev–Trinajstić information content (AvgIpc) is 3.38. The van der Waals surface area contributed by atoms with E-state index in [-0.39, 0.29) is 16.6 Å². The van der Waals surface area contributed by atoms with Crippen LogP contribution in [0.4, 0.5) is 5.69 Å². The fraction of sp³-hybridized carbons (Fsp3) is 0.476. The predicted octanol–water partition coefficient (Wildman–Crippen LogP) is 3.11. The summed E-state index contributed by atoms with van der Waals surface area (Å²) in [5, 5.41) is 20.1. The van der Waals surface area contributed by atoms with E-state index in [1.165, 1.54) is 0 Å². The number of benzene rings is 1. The van der Waals surface area contributed by atoms with E-state index in [2.05, 4.69) is 36.6 Å². The number of hydrogen-bond acceptors (Lipinski definition) is 5. The topological polar surface area (TPSA) is 98.0 Å². The maximum Gasteiger partial charge on any atom is 0.139 e. The lowest BCUT2D eigenvalue weighted by Crippen LogP contribution is -2.34. The molecule has 0 spiro atoms. The average molecular weight is 365 g/mol. The highest BCUT2D eigenvalue weighted by atomic mass is 16.3. The van der Waals surface area contributed by atoms with Gasteiger partial charge in [-0.3, -0.25) is 9.98 Å². The number of fused-ring (bicyclic) bond motifs is 1. The van der Waals surface area contributed by atoms with Crippen molar-refractivity contribution in [1.29, 1.82) is 5.26 Å². The van der Waals surface area contributed by atoms with Gasteiger partial charge < -0.3 is 15.7 Å². The Morgan fingerprint density at radius 1 is 1.41 bits per heavy atom. The molecule has 6 nitrogen and oxygen atoms in total. The molecule has 0 aliphatic heterocycles. The number of nitrogens with two attached hydrogens (primary N) is 1. The highest BCUT2D eigenvalue weighted by Gasteiger charge is 2.45. The summed E-state index contributed by atoms with van der Waals surface area (Å²) in [4.78, 5) is 10.5. The number of aromatic hydroxyl groups is 1.